The van der Waals surface area contributed by atoms with E-state index in [9.17, 15) is 9.90 Å². The van der Waals surface area contributed by atoms with Gasteiger partial charge < -0.3 is 14.8 Å². The van der Waals surface area contributed by atoms with Crippen molar-refractivity contribution in [3.8, 4) is 0 Å². The normalized spacial score (nSPS) is 16.5. The molecular weight excluding hydrogens is 142 g/mol. The summed E-state index contributed by atoms with van der Waals surface area (Å²) in [6.07, 6.45) is 1.88. The number of hydrogen-bond donors (Lipinski definition) is 2. The van der Waals surface area contributed by atoms with Gasteiger partial charge in [-0.2, -0.15) is 0 Å². The largest absolute Gasteiger partial charge is 0.387 e. The van der Waals surface area contributed by atoms with Crippen LogP contribution in [0, 0.1) is 0 Å². The molecule has 0 aromatic carbocycles. The fourth-order valence-electron chi connectivity index (χ4n) is 1.26. The molecule has 0 aromatic rings. The number of rotatable bonds is 5. The standard InChI is InChI=1S/C8H17NO2/c1-7(11)8(9(2)3)5-4-6-10/h6-8,11H,4-5H2,1-3H3/p+1/t7-,8+/m1/s1. The Kier molecular flexibility index (Phi) is 5.07. The minimum atomic E-state index is -0.333. The average molecular weight is 160 g/mol. The zero-order chi connectivity index (χ0) is 8.85. The van der Waals surface area contributed by atoms with E-state index in [1.165, 1.54) is 4.90 Å². The molecule has 0 aliphatic rings. The lowest BCUT2D eigenvalue weighted by Gasteiger charge is -2.22. The van der Waals surface area contributed by atoms with Gasteiger partial charge in [-0.3, -0.25) is 0 Å². The Morgan fingerprint density at radius 3 is 2.36 bits per heavy atom. The van der Waals surface area contributed by atoms with Crippen LogP contribution in [0.25, 0.3) is 0 Å². The zero-order valence-corrected chi connectivity index (χ0v) is 7.50. The summed E-state index contributed by atoms with van der Waals surface area (Å²) in [5.41, 5.74) is 0. The third kappa shape index (κ3) is 4.11. The number of carbonyl (C=O) groups is 1. The van der Waals surface area contributed by atoms with Crippen LogP contribution in [-0.2, 0) is 4.79 Å². The minimum absolute atomic E-state index is 0.181. The van der Waals surface area contributed by atoms with E-state index in [0.29, 0.717) is 6.42 Å². The molecular formula is C8H18NO2+. The fourth-order valence-corrected chi connectivity index (χ4v) is 1.26. The second-order valence-corrected chi connectivity index (χ2v) is 3.17. The molecule has 0 fully saturated rings. The van der Waals surface area contributed by atoms with Crippen LogP contribution in [0.3, 0.4) is 0 Å². The summed E-state index contributed by atoms with van der Waals surface area (Å²) in [6, 6.07) is 0.181. The molecule has 0 aromatic heterocycles. The third-order valence-corrected chi connectivity index (χ3v) is 1.92. The van der Waals surface area contributed by atoms with Crippen molar-refractivity contribution in [2.75, 3.05) is 14.1 Å². The monoisotopic (exact) mass is 160 g/mol. The van der Waals surface area contributed by atoms with Crippen LogP contribution >= 0.6 is 0 Å². The van der Waals surface area contributed by atoms with Gasteiger partial charge in [0.1, 0.15) is 18.4 Å². The number of likely N-dealkylation sites (N-methyl/N-ethyl adjacent to an activating group) is 1. The van der Waals surface area contributed by atoms with Crippen molar-refractivity contribution in [2.24, 2.45) is 0 Å². The van der Waals surface area contributed by atoms with Crippen molar-refractivity contribution in [1.29, 1.82) is 0 Å². The van der Waals surface area contributed by atoms with Crippen LogP contribution in [0.4, 0.5) is 0 Å². The summed E-state index contributed by atoms with van der Waals surface area (Å²) in [4.78, 5) is 11.3. The Balaban J connectivity index is 3.79. The molecule has 0 aliphatic heterocycles. The Labute approximate surface area is 68.0 Å². The molecule has 0 amide bonds. The first-order valence-corrected chi connectivity index (χ1v) is 4.01. The van der Waals surface area contributed by atoms with E-state index in [0.717, 1.165) is 12.7 Å². The smallest absolute Gasteiger partial charge is 0.120 e. The van der Waals surface area contributed by atoms with Crippen LogP contribution in [0.15, 0.2) is 0 Å². The van der Waals surface area contributed by atoms with Gasteiger partial charge in [0, 0.05) is 12.8 Å². The Bertz CT molecular complexity index is 105. The van der Waals surface area contributed by atoms with Crippen LogP contribution in [-0.4, -0.2) is 37.6 Å². The van der Waals surface area contributed by atoms with Gasteiger partial charge in [-0.05, 0) is 6.92 Å². The van der Waals surface area contributed by atoms with Gasteiger partial charge in [0.15, 0.2) is 0 Å². The molecule has 0 bridgehead atoms. The maximum atomic E-state index is 10.1. The highest BCUT2D eigenvalue weighted by Crippen LogP contribution is 1.96. The van der Waals surface area contributed by atoms with Gasteiger partial charge in [0.05, 0.1) is 14.1 Å². The second-order valence-electron chi connectivity index (χ2n) is 3.17. The van der Waals surface area contributed by atoms with E-state index in [-0.39, 0.29) is 12.1 Å². The number of quaternary nitrogens is 1. The molecule has 0 aliphatic carbocycles. The molecule has 2 N–H and O–H groups in total. The lowest BCUT2D eigenvalue weighted by atomic mass is 10.1. The molecule has 3 heteroatoms. The summed E-state index contributed by atoms with van der Waals surface area (Å²) in [7, 11) is 3.98. The van der Waals surface area contributed by atoms with E-state index in [4.69, 9.17) is 0 Å². The van der Waals surface area contributed by atoms with Crippen LogP contribution < -0.4 is 4.90 Å². The lowest BCUT2D eigenvalue weighted by molar-refractivity contribution is -0.890. The molecule has 11 heavy (non-hydrogen) atoms. The van der Waals surface area contributed by atoms with Crippen molar-refractivity contribution in [1.82, 2.24) is 0 Å². The van der Waals surface area contributed by atoms with E-state index < -0.39 is 0 Å². The summed E-state index contributed by atoms with van der Waals surface area (Å²) < 4.78 is 0. The van der Waals surface area contributed by atoms with Crippen molar-refractivity contribution in [3.05, 3.63) is 0 Å². The topological polar surface area (TPSA) is 41.7 Å². The Morgan fingerprint density at radius 1 is 1.55 bits per heavy atom. The SMILES string of the molecule is C[C@@H](O)[C@H](CCC=O)[NH+](C)C. The van der Waals surface area contributed by atoms with Gasteiger partial charge in [0.2, 0.25) is 0 Å². The summed E-state index contributed by atoms with van der Waals surface area (Å²) in [5, 5.41) is 9.27. The number of hydrogen-bond acceptors (Lipinski definition) is 2. The van der Waals surface area contributed by atoms with Crippen molar-refractivity contribution >= 4 is 6.29 Å². The number of aliphatic hydroxyl groups is 1. The van der Waals surface area contributed by atoms with E-state index in [1.807, 2.05) is 14.1 Å². The molecule has 0 rings (SSSR count). The van der Waals surface area contributed by atoms with Crippen LogP contribution in [0.2, 0.25) is 0 Å². The molecule has 0 unspecified atom stereocenters. The van der Waals surface area contributed by atoms with Crippen molar-refractivity contribution < 1.29 is 14.8 Å². The van der Waals surface area contributed by atoms with Crippen LogP contribution in [0.1, 0.15) is 19.8 Å². The summed E-state index contributed by atoms with van der Waals surface area (Å²) in [5.74, 6) is 0. The van der Waals surface area contributed by atoms with Gasteiger partial charge in [-0.1, -0.05) is 0 Å². The van der Waals surface area contributed by atoms with Crippen LogP contribution in [0.5, 0.6) is 0 Å². The second kappa shape index (κ2) is 5.27. The quantitative estimate of drug-likeness (QED) is 0.499. The Morgan fingerprint density at radius 2 is 2.09 bits per heavy atom. The maximum absolute atomic E-state index is 10.1. The van der Waals surface area contributed by atoms with Gasteiger partial charge in [-0.25, -0.2) is 0 Å². The molecule has 2 atom stereocenters. The predicted molar refractivity (Wildman–Crippen MR) is 43.6 cm³/mol. The maximum Gasteiger partial charge on any atom is 0.120 e. The molecule has 3 nitrogen and oxygen atoms in total. The lowest BCUT2D eigenvalue weighted by Crippen LogP contribution is -3.11. The molecule has 0 saturated heterocycles. The van der Waals surface area contributed by atoms with E-state index in [2.05, 4.69) is 0 Å². The molecule has 0 radical (unpaired) electrons. The third-order valence-electron chi connectivity index (χ3n) is 1.92. The molecule has 0 saturated carbocycles. The number of aldehydes is 1. The number of carbonyl (C=O) groups excluding carboxylic acids is 1. The first kappa shape index (κ1) is 10.6. The first-order chi connectivity index (χ1) is 5.09. The zero-order valence-electron chi connectivity index (χ0n) is 7.50. The van der Waals surface area contributed by atoms with Gasteiger partial charge in [0.25, 0.3) is 0 Å². The first-order valence-electron chi connectivity index (χ1n) is 4.01. The van der Waals surface area contributed by atoms with Gasteiger partial charge in [-0.15, -0.1) is 0 Å². The highest BCUT2D eigenvalue weighted by atomic mass is 16.3. The number of nitrogens with one attached hydrogen (secondary N) is 1. The minimum Gasteiger partial charge on any atom is -0.387 e. The fraction of sp³-hybridized carbons (Fsp3) is 0.875. The van der Waals surface area contributed by atoms with E-state index >= 15 is 0 Å². The van der Waals surface area contributed by atoms with Crippen molar-refractivity contribution in [3.63, 3.8) is 0 Å². The molecule has 0 heterocycles. The average Bonchev–Trinajstić information content (AvgIpc) is 1.87. The number of aliphatic hydroxyl groups excluding tert-OH is 1. The molecule has 0 spiro atoms. The highest BCUT2D eigenvalue weighted by Gasteiger charge is 2.19. The van der Waals surface area contributed by atoms with E-state index in [1.54, 1.807) is 6.92 Å². The van der Waals surface area contributed by atoms with Crippen molar-refractivity contribution in [2.45, 2.75) is 31.9 Å². The summed E-state index contributed by atoms with van der Waals surface area (Å²) in [6.45, 7) is 1.77. The Hall–Kier alpha value is -0.410. The van der Waals surface area contributed by atoms with Gasteiger partial charge >= 0.3 is 0 Å². The predicted octanol–water partition coefficient (Wildman–Crippen LogP) is -1.14. The molecule has 66 valence electrons. The highest BCUT2D eigenvalue weighted by molar-refractivity contribution is 5.49. The summed E-state index contributed by atoms with van der Waals surface area (Å²) >= 11 is 0.